The summed E-state index contributed by atoms with van der Waals surface area (Å²) in [5.74, 6) is -2.17. The van der Waals surface area contributed by atoms with Crippen molar-refractivity contribution in [3.63, 3.8) is 0 Å². The highest BCUT2D eigenvalue weighted by Crippen LogP contribution is 2.45. The lowest BCUT2D eigenvalue weighted by atomic mass is 10.0. The Morgan fingerprint density at radius 3 is 0.824 bits per heavy atom. The molecule has 0 saturated heterocycles. The molecule has 0 saturated carbocycles. The van der Waals surface area contributed by atoms with Crippen molar-refractivity contribution < 1.29 is 80.2 Å². The average Bonchev–Trinajstić information content (AvgIpc) is 0.908. The molecule has 0 rings (SSSR count). The lowest BCUT2D eigenvalue weighted by Gasteiger charge is -2.21. The maximum absolute atomic E-state index is 13.1. The van der Waals surface area contributed by atoms with Gasteiger partial charge in [0.25, 0.3) is 0 Å². The summed E-state index contributed by atoms with van der Waals surface area (Å²) < 4.78 is 68.7. The van der Waals surface area contributed by atoms with E-state index in [-0.39, 0.29) is 25.7 Å². The Hall–Kier alpha value is -3.50. The standard InChI is InChI=1S/C83H150O17P2/c1-5-9-13-17-21-25-29-33-36-37-38-39-42-45-48-52-56-60-64-68-81(86)94-73-78(99-82(87)69-65-61-57-53-49-43-32-28-24-20-16-12-8-4)75-97-101(89,90)95-71-77(84)72-96-102(91,92)98-76-79(100-83(88)70-66-62-58-54-50-46-41-35-31-27-23-19-15-11-7-3)74-93-80(85)67-63-59-55-51-47-44-40-34-30-26-22-18-14-10-6-2/h9,13,16,20-21,25,28,32-33,36,38-39,77-79,84H,5-8,10-12,14-15,17-19,22-24,26-27,29-31,34-35,37,40-76H2,1-4H3,(H,89,90)(H,91,92)/b13-9-,20-16-,25-21-,32-28-,36-33-,39-38-. The van der Waals surface area contributed by atoms with Gasteiger partial charge in [-0.2, -0.15) is 0 Å². The third-order valence-corrected chi connectivity index (χ3v) is 19.6. The Morgan fingerprint density at radius 2 is 0.529 bits per heavy atom. The third kappa shape index (κ3) is 74.8. The van der Waals surface area contributed by atoms with Crippen LogP contribution in [0.5, 0.6) is 0 Å². The minimum absolute atomic E-state index is 0.0776. The molecule has 0 heterocycles. The van der Waals surface area contributed by atoms with Crippen LogP contribution in [0.25, 0.3) is 0 Å². The zero-order valence-corrected chi connectivity index (χ0v) is 66.8. The Labute approximate surface area is 622 Å². The van der Waals surface area contributed by atoms with Gasteiger partial charge in [0.05, 0.1) is 26.4 Å². The SMILES string of the molecule is CC/C=C\C/C=C\C/C=C\C/C=C\CCCCCCCCC(=O)OCC(COP(=O)(O)OCC(O)COP(=O)(O)OCC(COC(=O)CCCCCCCCCCCCCCCCC)OC(=O)CCCCCCCCCCCCCCCCC)OC(=O)CCCCCCC/C=C\C/C=C\CCC. The van der Waals surface area contributed by atoms with E-state index >= 15 is 0 Å². The van der Waals surface area contributed by atoms with Crippen molar-refractivity contribution in [1.29, 1.82) is 0 Å². The smallest absolute Gasteiger partial charge is 0.462 e. The number of esters is 4. The van der Waals surface area contributed by atoms with Crippen LogP contribution in [0, 0.1) is 0 Å². The van der Waals surface area contributed by atoms with E-state index in [0.29, 0.717) is 25.7 Å². The first-order valence-electron chi connectivity index (χ1n) is 41.2. The quantitative estimate of drug-likeness (QED) is 0.0169. The molecule has 0 aliphatic heterocycles. The van der Waals surface area contributed by atoms with Gasteiger partial charge in [0.2, 0.25) is 0 Å². The monoisotopic (exact) mass is 1480 g/mol. The van der Waals surface area contributed by atoms with Crippen LogP contribution in [0.4, 0.5) is 0 Å². The molecule has 0 aliphatic carbocycles. The lowest BCUT2D eigenvalue weighted by molar-refractivity contribution is -0.161. The van der Waals surface area contributed by atoms with Crippen molar-refractivity contribution in [1.82, 2.24) is 0 Å². The fourth-order valence-corrected chi connectivity index (χ4v) is 13.0. The molecule has 0 aromatic rings. The van der Waals surface area contributed by atoms with Crippen LogP contribution in [0.1, 0.15) is 374 Å². The number of hydrogen-bond acceptors (Lipinski definition) is 15. The highest BCUT2D eigenvalue weighted by Gasteiger charge is 2.30. The topological polar surface area (TPSA) is 237 Å². The van der Waals surface area contributed by atoms with E-state index in [2.05, 4.69) is 101 Å². The highest BCUT2D eigenvalue weighted by atomic mass is 31.2. The maximum Gasteiger partial charge on any atom is 0.472 e. The van der Waals surface area contributed by atoms with Crippen LogP contribution in [0.3, 0.4) is 0 Å². The van der Waals surface area contributed by atoms with Crippen LogP contribution < -0.4 is 0 Å². The number of aliphatic hydroxyl groups is 1. The van der Waals surface area contributed by atoms with Crippen molar-refractivity contribution in [3.8, 4) is 0 Å². The van der Waals surface area contributed by atoms with E-state index in [1.165, 1.54) is 135 Å². The normalized spacial score (nSPS) is 14.2. The van der Waals surface area contributed by atoms with Crippen molar-refractivity contribution in [2.45, 2.75) is 393 Å². The number of phosphoric ester groups is 2. The summed E-state index contributed by atoms with van der Waals surface area (Å²) in [4.78, 5) is 73.1. The molecule has 0 aliphatic rings. The summed E-state index contributed by atoms with van der Waals surface area (Å²) in [6.45, 7) is 4.75. The Kier molecular flexibility index (Phi) is 73.1. The minimum Gasteiger partial charge on any atom is -0.462 e. The molecule has 594 valence electrons. The summed E-state index contributed by atoms with van der Waals surface area (Å²) in [6, 6.07) is 0. The lowest BCUT2D eigenvalue weighted by Crippen LogP contribution is -2.30. The summed E-state index contributed by atoms with van der Waals surface area (Å²) >= 11 is 0. The number of carbonyl (C=O) groups excluding carboxylic acids is 4. The number of phosphoric acid groups is 2. The van der Waals surface area contributed by atoms with E-state index in [1.807, 2.05) is 0 Å². The Morgan fingerprint density at radius 1 is 0.284 bits per heavy atom. The fourth-order valence-electron chi connectivity index (χ4n) is 11.4. The van der Waals surface area contributed by atoms with Gasteiger partial charge in [0.1, 0.15) is 19.3 Å². The number of hydrogen-bond donors (Lipinski definition) is 3. The highest BCUT2D eigenvalue weighted by molar-refractivity contribution is 7.47. The van der Waals surface area contributed by atoms with Gasteiger partial charge >= 0.3 is 39.5 Å². The molecular weight excluding hydrogens is 1330 g/mol. The largest absolute Gasteiger partial charge is 0.472 e. The predicted octanol–water partition coefficient (Wildman–Crippen LogP) is 24.0. The third-order valence-electron chi connectivity index (χ3n) is 17.7. The van der Waals surface area contributed by atoms with E-state index < -0.39 is 97.5 Å². The fraction of sp³-hybridized carbons (Fsp3) is 0.807. The summed E-state index contributed by atoms with van der Waals surface area (Å²) in [6.07, 6.45) is 77.3. The predicted molar refractivity (Wildman–Crippen MR) is 418 cm³/mol. The first-order valence-corrected chi connectivity index (χ1v) is 44.2. The van der Waals surface area contributed by atoms with Crippen molar-refractivity contribution in [2.24, 2.45) is 0 Å². The van der Waals surface area contributed by atoms with E-state index in [9.17, 15) is 43.2 Å². The molecule has 17 nitrogen and oxygen atoms in total. The molecule has 0 bridgehead atoms. The maximum atomic E-state index is 13.1. The molecule has 5 atom stereocenters. The molecule has 5 unspecified atom stereocenters. The second-order valence-electron chi connectivity index (χ2n) is 27.7. The zero-order chi connectivity index (χ0) is 74.6. The van der Waals surface area contributed by atoms with Gasteiger partial charge < -0.3 is 33.8 Å². The Balaban J connectivity index is 5.31. The average molecular weight is 1480 g/mol. The van der Waals surface area contributed by atoms with Gasteiger partial charge in [-0.25, -0.2) is 9.13 Å². The van der Waals surface area contributed by atoms with Gasteiger partial charge in [-0.1, -0.05) is 332 Å². The molecule has 0 spiro atoms. The summed E-state index contributed by atoms with van der Waals surface area (Å²) in [7, 11) is -9.95. The number of unbranched alkanes of at least 4 members (excludes halogenated alkanes) is 40. The molecule has 0 amide bonds. The number of ether oxygens (including phenoxy) is 4. The molecule has 0 aromatic carbocycles. The first kappa shape index (κ1) is 98.5. The molecule has 0 fully saturated rings. The van der Waals surface area contributed by atoms with E-state index in [1.54, 1.807) is 0 Å². The van der Waals surface area contributed by atoms with Crippen LogP contribution in [0.15, 0.2) is 72.9 Å². The molecular formula is C83H150O17P2. The molecule has 0 aromatic heterocycles. The minimum atomic E-state index is -4.98. The second-order valence-corrected chi connectivity index (χ2v) is 30.6. The number of allylic oxidation sites excluding steroid dienone is 12. The van der Waals surface area contributed by atoms with Crippen LogP contribution in [-0.2, 0) is 65.4 Å². The number of aliphatic hydroxyl groups excluding tert-OH is 1. The molecule has 19 heteroatoms. The van der Waals surface area contributed by atoms with Gasteiger partial charge in [0, 0.05) is 25.7 Å². The van der Waals surface area contributed by atoms with Gasteiger partial charge in [-0.05, 0) is 89.9 Å². The van der Waals surface area contributed by atoms with E-state index in [0.717, 1.165) is 161 Å². The first-order chi connectivity index (χ1) is 49.7. The van der Waals surface area contributed by atoms with Crippen molar-refractivity contribution >= 4 is 39.5 Å². The second kappa shape index (κ2) is 75.7. The summed E-state index contributed by atoms with van der Waals surface area (Å²) in [5.41, 5.74) is 0. The van der Waals surface area contributed by atoms with Crippen LogP contribution >= 0.6 is 15.6 Å². The van der Waals surface area contributed by atoms with Crippen molar-refractivity contribution in [3.05, 3.63) is 72.9 Å². The van der Waals surface area contributed by atoms with E-state index in [4.69, 9.17) is 37.0 Å². The van der Waals surface area contributed by atoms with Crippen molar-refractivity contribution in [2.75, 3.05) is 39.6 Å². The molecule has 3 N–H and O–H groups in total. The molecule has 0 radical (unpaired) electrons. The molecule has 102 heavy (non-hydrogen) atoms. The van der Waals surface area contributed by atoms with Gasteiger partial charge in [-0.3, -0.25) is 37.3 Å². The van der Waals surface area contributed by atoms with Crippen LogP contribution in [-0.4, -0.2) is 96.7 Å². The number of rotatable bonds is 78. The Bertz CT molecular complexity index is 2210. The van der Waals surface area contributed by atoms with Crippen LogP contribution in [0.2, 0.25) is 0 Å². The van der Waals surface area contributed by atoms with Gasteiger partial charge in [-0.15, -0.1) is 0 Å². The zero-order valence-electron chi connectivity index (χ0n) is 65.0. The summed E-state index contributed by atoms with van der Waals surface area (Å²) in [5, 5.41) is 10.6. The number of carbonyl (C=O) groups is 4. The van der Waals surface area contributed by atoms with Gasteiger partial charge in [0.15, 0.2) is 12.2 Å².